The molecule has 1 heterocycles. The van der Waals surface area contributed by atoms with E-state index in [-0.39, 0.29) is 37.0 Å². The second kappa shape index (κ2) is 14.2. The number of carbonyl (C=O) groups is 3. The maximum Gasteiger partial charge on any atom is 0.416 e. The minimum Gasteiger partial charge on any atom is -0.465 e. The van der Waals surface area contributed by atoms with Crippen LogP contribution in [-0.2, 0) is 17.1 Å². The van der Waals surface area contributed by atoms with Crippen LogP contribution in [0.3, 0.4) is 0 Å². The minimum atomic E-state index is -5.11. The predicted molar refractivity (Wildman–Crippen MR) is 163 cm³/mol. The van der Waals surface area contributed by atoms with Crippen molar-refractivity contribution in [1.29, 1.82) is 0 Å². The second-order valence-corrected chi connectivity index (χ2v) is 13.0. The number of alkyl halides is 6. The number of likely N-dealkylation sites (N-methyl/N-ethyl adjacent to an activating group) is 1. The van der Waals surface area contributed by atoms with E-state index in [0.29, 0.717) is 54.8 Å². The summed E-state index contributed by atoms with van der Waals surface area (Å²) in [5.41, 5.74) is -3.17. The summed E-state index contributed by atoms with van der Waals surface area (Å²) in [4.78, 5) is 44.2. The van der Waals surface area contributed by atoms with Crippen molar-refractivity contribution >= 4 is 23.7 Å². The van der Waals surface area contributed by atoms with Crippen molar-refractivity contribution in [2.75, 3.05) is 38.6 Å². The summed E-state index contributed by atoms with van der Waals surface area (Å²) >= 11 is 0. The van der Waals surface area contributed by atoms with Gasteiger partial charge in [0.1, 0.15) is 5.82 Å². The Kier molecular flexibility index (Phi) is 10.9. The highest BCUT2D eigenvalue weighted by Gasteiger charge is 2.44. The van der Waals surface area contributed by atoms with E-state index in [1.807, 2.05) is 13.8 Å². The summed E-state index contributed by atoms with van der Waals surface area (Å²) in [5.74, 6) is -1.53. The highest BCUT2D eigenvalue weighted by molar-refractivity contribution is 5.92. The van der Waals surface area contributed by atoms with Crippen LogP contribution in [0.1, 0.15) is 62.1 Å². The van der Waals surface area contributed by atoms with Gasteiger partial charge in [0.2, 0.25) is 5.91 Å². The molecule has 2 atom stereocenters. The van der Waals surface area contributed by atoms with E-state index >= 15 is 0 Å². The monoisotopic (exact) mass is 688 g/mol. The summed E-state index contributed by atoms with van der Waals surface area (Å²) in [5, 5.41) is 9.70. The number of halogens is 7. The van der Waals surface area contributed by atoms with Crippen LogP contribution in [0.25, 0.3) is 0 Å². The standard InChI is InChI=1S/C33H39F7N4O4/c1-19(2)16-44(31(47)48)25-11-7-21(8-12-25)29(45)43-17-27(20-5-9-24(34)10-6-20)28(18-43)42(4)30(46)41(3)26-14-22(32(35,36)37)13-23(15-26)33(38,39)40/h5-6,9-10,13-15,19,21,25,27-28H,7-8,11-12,16-18H2,1-4H3,(H,47,48)/t21?,25?,27-,28+/m0/s1. The van der Waals surface area contributed by atoms with E-state index in [2.05, 4.69) is 0 Å². The zero-order valence-electron chi connectivity index (χ0n) is 27.0. The Morgan fingerprint density at radius 1 is 0.875 bits per heavy atom. The summed E-state index contributed by atoms with van der Waals surface area (Å²) in [7, 11) is 2.42. The molecule has 4 amide bonds. The SMILES string of the molecule is CC(C)CN(C(=O)O)C1CCC(C(=O)N2C[C@@H](N(C)C(=O)N(C)c3cc(C(F)(F)F)cc(C(F)(F)F)c3)[C@H](c3ccc(F)cc3)C2)CC1. The fourth-order valence-corrected chi connectivity index (χ4v) is 6.69. The molecule has 48 heavy (non-hydrogen) atoms. The molecule has 2 aromatic carbocycles. The maximum atomic E-state index is 13.8. The van der Waals surface area contributed by atoms with Crippen molar-refractivity contribution in [1.82, 2.24) is 14.7 Å². The van der Waals surface area contributed by atoms with Crippen LogP contribution >= 0.6 is 0 Å². The van der Waals surface area contributed by atoms with E-state index in [9.17, 15) is 50.2 Å². The molecule has 1 N–H and O–H groups in total. The van der Waals surface area contributed by atoms with Gasteiger partial charge in [-0.15, -0.1) is 0 Å². The molecular weight excluding hydrogens is 649 g/mol. The molecule has 1 saturated carbocycles. The number of amides is 4. The van der Waals surface area contributed by atoms with Gasteiger partial charge < -0.3 is 19.8 Å². The summed E-state index contributed by atoms with van der Waals surface area (Å²) in [6, 6.07) is 4.47. The minimum absolute atomic E-state index is 0.0158. The maximum absolute atomic E-state index is 13.8. The van der Waals surface area contributed by atoms with Gasteiger partial charge in [-0.3, -0.25) is 9.69 Å². The van der Waals surface area contributed by atoms with Crippen LogP contribution in [0, 0.1) is 17.7 Å². The molecule has 0 radical (unpaired) electrons. The van der Waals surface area contributed by atoms with E-state index in [1.54, 1.807) is 4.90 Å². The van der Waals surface area contributed by atoms with Crippen LogP contribution in [-0.4, -0.2) is 83.7 Å². The molecule has 264 valence electrons. The average molecular weight is 689 g/mol. The molecule has 2 aromatic rings. The van der Waals surface area contributed by atoms with Crippen molar-refractivity contribution in [2.24, 2.45) is 11.8 Å². The first-order valence-corrected chi connectivity index (χ1v) is 15.6. The molecule has 2 aliphatic rings. The summed E-state index contributed by atoms with van der Waals surface area (Å²) < 4.78 is 94.9. The van der Waals surface area contributed by atoms with Crippen LogP contribution in [0.4, 0.5) is 46.0 Å². The molecule has 1 aliphatic carbocycles. The molecule has 0 bridgehead atoms. The Bertz CT molecular complexity index is 1440. The Balaban J connectivity index is 1.56. The molecule has 4 rings (SSSR count). The van der Waals surface area contributed by atoms with Gasteiger partial charge in [0, 0.05) is 57.3 Å². The zero-order valence-corrected chi connectivity index (χ0v) is 27.0. The van der Waals surface area contributed by atoms with Gasteiger partial charge in [-0.2, -0.15) is 26.3 Å². The van der Waals surface area contributed by atoms with Crippen molar-refractivity contribution < 1.29 is 50.2 Å². The van der Waals surface area contributed by atoms with Gasteiger partial charge in [-0.25, -0.2) is 14.0 Å². The normalized spacial score (nSPS) is 21.7. The number of benzene rings is 2. The van der Waals surface area contributed by atoms with Crippen molar-refractivity contribution in [3.05, 3.63) is 65.0 Å². The molecule has 0 unspecified atom stereocenters. The van der Waals surface area contributed by atoms with Crippen molar-refractivity contribution in [3.63, 3.8) is 0 Å². The van der Waals surface area contributed by atoms with Crippen molar-refractivity contribution in [2.45, 2.75) is 69.9 Å². The molecule has 0 aromatic heterocycles. The first kappa shape index (κ1) is 36.8. The lowest BCUT2D eigenvalue weighted by Gasteiger charge is -2.36. The molecule has 8 nitrogen and oxygen atoms in total. The smallest absolute Gasteiger partial charge is 0.416 e. The highest BCUT2D eigenvalue weighted by Crippen LogP contribution is 2.39. The van der Waals surface area contributed by atoms with Crippen LogP contribution < -0.4 is 4.90 Å². The quantitative estimate of drug-likeness (QED) is 0.305. The molecular formula is C33H39F7N4O4. The van der Waals surface area contributed by atoms with Crippen LogP contribution in [0.2, 0.25) is 0 Å². The van der Waals surface area contributed by atoms with Gasteiger partial charge in [0.25, 0.3) is 0 Å². The molecule has 1 aliphatic heterocycles. The Hall–Kier alpha value is -4.04. The number of carbonyl (C=O) groups excluding carboxylic acids is 2. The lowest BCUT2D eigenvalue weighted by Crippen LogP contribution is -2.48. The van der Waals surface area contributed by atoms with Gasteiger partial charge in [0.05, 0.1) is 17.2 Å². The third-order valence-electron chi connectivity index (χ3n) is 9.24. The predicted octanol–water partition coefficient (Wildman–Crippen LogP) is 7.54. The topological polar surface area (TPSA) is 84.4 Å². The van der Waals surface area contributed by atoms with E-state index in [1.165, 1.54) is 41.1 Å². The van der Waals surface area contributed by atoms with Crippen molar-refractivity contribution in [3.8, 4) is 0 Å². The number of hydrogen-bond acceptors (Lipinski definition) is 3. The van der Waals surface area contributed by atoms with E-state index in [0.717, 1.165) is 7.05 Å². The fraction of sp³-hybridized carbons (Fsp3) is 0.545. The summed E-state index contributed by atoms with van der Waals surface area (Å²) in [6.07, 6.45) is -9.34. The third kappa shape index (κ3) is 8.32. The van der Waals surface area contributed by atoms with Gasteiger partial charge >= 0.3 is 24.5 Å². The summed E-state index contributed by atoms with van der Waals surface area (Å²) in [6.45, 7) is 4.37. The Labute approximate surface area is 274 Å². The molecule has 2 fully saturated rings. The zero-order chi connectivity index (χ0) is 35.7. The number of likely N-dealkylation sites (tertiary alicyclic amines) is 1. The second-order valence-electron chi connectivity index (χ2n) is 13.0. The molecule has 15 heteroatoms. The number of nitrogens with zero attached hydrogens (tertiary/aromatic N) is 4. The van der Waals surface area contributed by atoms with E-state index < -0.39 is 65.0 Å². The Morgan fingerprint density at radius 2 is 1.42 bits per heavy atom. The van der Waals surface area contributed by atoms with E-state index in [4.69, 9.17) is 0 Å². The fourth-order valence-electron chi connectivity index (χ4n) is 6.69. The Morgan fingerprint density at radius 3 is 1.90 bits per heavy atom. The lowest BCUT2D eigenvalue weighted by atomic mass is 9.84. The molecule has 1 saturated heterocycles. The molecule has 0 spiro atoms. The highest BCUT2D eigenvalue weighted by atomic mass is 19.4. The van der Waals surface area contributed by atoms with Gasteiger partial charge in [0.15, 0.2) is 0 Å². The number of hydrogen-bond donors (Lipinski definition) is 1. The number of rotatable bonds is 7. The lowest BCUT2D eigenvalue weighted by molar-refractivity contribution is -0.143. The number of carboxylic acid groups (broad SMARTS) is 1. The van der Waals surface area contributed by atoms with Crippen LogP contribution in [0.15, 0.2) is 42.5 Å². The third-order valence-corrected chi connectivity index (χ3v) is 9.24. The van der Waals surface area contributed by atoms with Gasteiger partial charge in [-0.05, 0) is 67.5 Å². The first-order valence-electron chi connectivity index (χ1n) is 15.6. The number of anilines is 1. The largest absolute Gasteiger partial charge is 0.465 e. The van der Waals surface area contributed by atoms with Gasteiger partial charge in [-0.1, -0.05) is 26.0 Å². The average Bonchev–Trinajstić information content (AvgIpc) is 3.47. The first-order chi connectivity index (χ1) is 22.3. The van der Waals surface area contributed by atoms with Crippen LogP contribution in [0.5, 0.6) is 0 Å². The number of urea groups is 1.